The summed E-state index contributed by atoms with van der Waals surface area (Å²) in [6.45, 7) is 5.82. The molecule has 0 aliphatic carbocycles. The molecule has 7 nitrogen and oxygen atoms in total. The summed E-state index contributed by atoms with van der Waals surface area (Å²) in [6.07, 6.45) is 0.254. The van der Waals surface area contributed by atoms with Gasteiger partial charge in [-0.1, -0.05) is 36.0 Å². The summed E-state index contributed by atoms with van der Waals surface area (Å²) in [6, 6.07) is 15.2. The Labute approximate surface area is 179 Å². The number of hydrogen-bond acceptors (Lipinski definition) is 5. The molecular weight excluding hydrogens is 398 g/mol. The Kier molecular flexibility index (Phi) is 5.59. The lowest BCUT2D eigenvalue weighted by atomic mass is 10.2. The number of rotatable bonds is 4. The number of hydrogen-bond donors (Lipinski definition) is 1. The van der Waals surface area contributed by atoms with Crippen molar-refractivity contribution in [1.29, 1.82) is 0 Å². The summed E-state index contributed by atoms with van der Waals surface area (Å²) in [5.41, 5.74) is 3.48. The highest BCUT2D eigenvalue weighted by atomic mass is 32.2. The van der Waals surface area contributed by atoms with Crippen LogP contribution in [0.15, 0.2) is 53.7 Å². The van der Waals surface area contributed by atoms with Crippen molar-refractivity contribution in [2.45, 2.75) is 38.4 Å². The van der Waals surface area contributed by atoms with E-state index in [1.165, 1.54) is 11.8 Å². The van der Waals surface area contributed by atoms with Crippen molar-refractivity contribution < 1.29 is 9.59 Å². The van der Waals surface area contributed by atoms with Gasteiger partial charge in [0.05, 0.1) is 17.1 Å². The highest BCUT2D eigenvalue weighted by Gasteiger charge is 2.29. The summed E-state index contributed by atoms with van der Waals surface area (Å²) in [7, 11) is 0. The SMILES string of the molecule is Cc1cccc(-n2c(C)nnc2SCC(=O)N2c3ccccc3NC(=O)C[C@@H]2C)c1. The molecule has 1 N–H and O–H groups in total. The molecule has 4 rings (SSSR count). The maximum atomic E-state index is 13.2. The van der Waals surface area contributed by atoms with Crippen molar-refractivity contribution >= 4 is 35.0 Å². The van der Waals surface area contributed by atoms with Gasteiger partial charge in [-0.15, -0.1) is 10.2 Å². The first-order valence-electron chi connectivity index (χ1n) is 9.77. The Morgan fingerprint density at radius 3 is 2.77 bits per heavy atom. The van der Waals surface area contributed by atoms with Gasteiger partial charge in [0.1, 0.15) is 5.82 Å². The lowest BCUT2D eigenvalue weighted by Crippen LogP contribution is -2.40. The monoisotopic (exact) mass is 421 g/mol. The number of benzene rings is 2. The van der Waals surface area contributed by atoms with E-state index in [1.54, 1.807) is 4.90 Å². The molecular formula is C22H23N5O2S. The molecule has 3 aromatic rings. The number of carbonyl (C=O) groups is 2. The number of para-hydroxylation sites is 2. The van der Waals surface area contributed by atoms with Crippen molar-refractivity contribution in [1.82, 2.24) is 14.8 Å². The molecule has 0 spiro atoms. The summed E-state index contributed by atoms with van der Waals surface area (Å²) in [4.78, 5) is 27.1. The zero-order valence-corrected chi connectivity index (χ0v) is 17.9. The largest absolute Gasteiger partial charge is 0.324 e. The number of nitrogens with zero attached hydrogens (tertiary/aromatic N) is 4. The normalized spacial score (nSPS) is 16.0. The summed E-state index contributed by atoms with van der Waals surface area (Å²) >= 11 is 1.35. The van der Waals surface area contributed by atoms with Gasteiger partial charge in [0.25, 0.3) is 0 Å². The molecule has 0 radical (unpaired) electrons. The van der Waals surface area contributed by atoms with Crippen LogP contribution in [0.4, 0.5) is 11.4 Å². The highest BCUT2D eigenvalue weighted by molar-refractivity contribution is 7.99. The second kappa shape index (κ2) is 8.31. The van der Waals surface area contributed by atoms with E-state index in [4.69, 9.17) is 0 Å². The van der Waals surface area contributed by atoms with E-state index >= 15 is 0 Å². The minimum atomic E-state index is -0.238. The Morgan fingerprint density at radius 1 is 1.17 bits per heavy atom. The second-order valence-corrected chi connectivity index (χ2v) is 8.32. The summed E-state index contributed by atoms with van der Waals surface area (Å²) in [5.74, 6) is 0.788. The molecule has 0 saturated heterocycles. The Morgan fingerprint density at radius 2 is 1.97 bits per heavy atom. The van der Waals surface area contributed by atoms with Crippen molar-refractivity contribution in [3.63, 3.8) is 0 Å². The molecule has 2 amide bonds. The number of aromatic nitrogens is 3. The quantitative estimate of drug-likeness (QED) is 0.649. The van der Waals surface area contributed by atoms with Crippen molar-refractivity contribution in [3.8, 4) is 5.69 Å². The lowest BCUT2D eigenvalue weighted by Gasteiger charge is -2.27. The van der Waals surface area contributed by atoms with Gasteiger partial charge in [-0.05, 0) is 50.6 Å². The molecule has 8 heteroatoms. The van der Waals surface area contributed by atoms with Gasteiger partial charge in [-0.25, -0.2) is 0 Å². The number of nitrogens with one attached hydrogen (secondary N) is 1. The van der Waals surface area contributed by atoms with Gasteiger partial charge in [-0.2, -0.15) is 0 Å². The molecule has 0 unspecified atom stereocenters. The van der Waals surface area contributed by atoms with E-state index in [1.807, 2.05) is 67.8 Å². The van der Waals surface area contributed by atoms with Crippen LogP contribution in [0.25, 0.3) is 5.69 Å². The molecule has 1 aromatic heterocycles. The van der Waals surface area contributed by atoms with Gasteiger partial charge in [0, 0.05) is 18.2 Å². The fraction of sp³-hybridized carbons (Fsp3) is 0.273. The fourth-order valence-corrected chi connectivity index (χ4v) is 4.52. The average molecular weight is 422 g/mol. The molecule has 1 aliphatic rings. The standard InChI is InChI=1S/C22H23N5O2S/c1-14-7-6-8-17(11-14)27-16(3)24-25-22(27)30-13-21(29)26-15(2)12-20(28)23-18-9-4-5-10-19(18)26/h4-11,15H,12-13H2,1-3H3,(H,23,28)/t15-/m0/s1. The molecule has 1 atom stereocenters. The number of thioether (sulfide) groups is 1. The third kappa shape index (κ3) is 3.95. The first kappa shape index (κ1) is 20.2. The topological polar surface area (TPSA) is 80.1 Å². The molecule has 2 aromatic carbocycles. The van der Waals surface area contributed by atoms with Crippen LogP contribution in [0.5, 0.6) is 0 Å². The van der Waals surface area contributed by atoms with Gasteiger partial charge < -0.3 is 10.2 Å². The molecule has 154 valence electrons. The lowest BCUT2D eigenvalue weighted by molar-refractivity contribution is -0.117. The maximum absolute atomic E-state index is 13.2. The van der Waals surface area contributed by atoms with Gasteiger partial charge in [0.2, 0.25) is 11.8 Å². The van der Waals surface area contributed by atoms with Gasteiger partial charge in [0.15, 0.2) is 5.16 Å². The van der Waals surface area contributed by atoms with Crippen molar-refractivity contribution in [2.75, 3.05) is 16.0 Å². The van der Waals surface area contributed by atoms with Crippen LogP contribution in [-0.2, 0) is 9.59 Å². The van der Waals surface area contributed by atoms with Crippen LogP contribution in [0.2, 0.25) is 0 Å². The molecule has 0 bridgehead atoms. The van der Waals surface area contributed by atoms with Crippen LogP contribution in [0.1, 0.15) is 24.7 Å². The third-order valence-corrected chi connectivity index (χ3v) is 5.92. The summed E-state index contributed by atoms with van der Waals surface area (Å²) in [5, 5.41) is 12.0. The molecule has 2 heterocycles. The van der Waals surface area contributed by atoms with Crippen LogP contribution in [0.3, 0.4) is 0 Å². The molecule has 1 aliphatic heterocycles. The number of anilines is 2. The van der Waals surface area contributed by atoms with Crippen molar-refractivity contribution in [2.24, 2.45) is 0 Å². The second-order valence-electron chi connectivity index (χ2n) is 7.38. The zero-order chi connectivity index (χ0) is 21.3. The van der Waals surface area contributed by atoms with E-state index in [2.05, 4.69) is 21.6 Å². The molecule has 0 fully saturated rings. The minimum absolute atomic E-state index is 0.0760. The predicted octanol–water partition coefficient (Wildman–Crippen LogP) is 3.74. The Hall–Kier alpha value is -3.13. The number of carbonyl (C=O) groups excluding carboxylic acids is 2. The summed E-state index contributed by atoms with van der Waals surface area (Å²) < 4.78 is 1.95. The van der Waals surface area contributed by atoms with E-state index in [0.29, 0.717) is 10.8 Å². The average Bonchev–Trinajstić information content (AvgIpc) is 3.01. The van der Waals surface area contributed by atoms with Gasteiger partial charge in [-0.3, -0.25) is 14.2 Å². The van der Waals surface area contributed by atoms with Crippen LogP contribution < -0.4 is 10.2 Å². The third-order valence-electron chi connectivity index (χ3n) is 5.01. The van der Waals surface area contributed by atoms with E-state index < -0.39 is 0 Å². The van der Waals surface area contributed by atoms with Gasteiger partial charge >= 0.3 is 0 Å². The maximum Gasteiger partial charge on any atom is 0.237 e. The van der Waals surface area contributed by atoms with Crippen LogP contribution >= 0.6 is 11.8 Å². The molecule has 30 heavy (non-hydrogen) atoms. The fourth-order valence-electron chi connectivity index (χ4n) is 3.66. The highest BCUT2D eigenvalue weighted by Crippen LogP contribution is 2.32. The first-order chi connectivity index (χ1) is 14.4. The first-order valence-corrected chi connectivity index (χ1v) is 10.8. The number of aryl methyl sites for hydroxylation is 2. The Bertz CT molecular complexity index is 1110. The van der Waals surface area contributed by atoms with Crippen molar-refractivity contribution in [3.05, 3.63) is 59.9 Å². The van der Waals surface area contributed by atoms with Crippen LogP contribution in [0, 0.1) is 13.8 Å². The minimum Gasteiger partial charge on any atom is -0.324 e. The van der Waals surface area contributed by atoms with E-state index in [0.717, 1.165) is 22.8 Å². The van der Waals surface area contributed by atoms with E-state index in [9.17, 15) is 9.59 Å². The zero-order valence-electron chi connectivity index (χ0n) is 17.1. The Balaban J connectivity index is 1.58. The molecule has 0 saturated carbocycles. The van der Waals surface area contributed by atoms with E-state index in [-0.39, 0.29) is 30.0 Å². The number of amides is 2. The number of fused-ring (bicyclic) bond motifs is 1. The van der Waals surface area contributed by atoms with Crippen LogP contribution in [-0.4, -0.2) is 38.4 Å². The smallest absolute Gasteiger partial charge is 0.237 e. The predicted molar refractivity (Wildman–Crippen MR) is 118 cm³/mol.